The fourth-order valence-corrected chi connectivity index (χ4v) is 1.30. The molecule has 6 heteroatoms. The summed E-state index contributed by atoms with van der Waals surface area (Å²) in [4.78, 5) is 20.0. The predicted octanol–water partition coefficient (Wildman–Crippen LogP) is 3.48. The molecule has 0 spiro atoms. The lowest BCUT2D eigenvalue weighted by atomic mass is 10.3. The number of hydrogen-bond donors (Lipinski definition) is 0. The Kier molecular flexibility index (Phi) is 8.47. The smallest absolute Gasteiger partial charge is 0.330 e. The van der Waals surface area contributed by atoms with E-state index in [-0.39, 0.29) is 11.7 Å². The molecule has 98 valence electrons. The van der Waals surface area contributed by atoms with Gasteiger partial charge in [0.05, 0.1) is 11.5 Å². The zero-order valence-corrected chi connectivity index (χ0v) is 11.7. The third-order valence-corrected chi connectivity index (χ3v) is 2.10. The Balaban J connectivity index is 0.000000331. The minimum absolute atomic E-state index is 0.106. The van der Waals surface area contributed by atoms with Crippen molar-refractivity contribution in [3.8, 4) is 0 Å². The van der Waals surface area contributed by atoms with Crippen LogP contribution in [0.5, 0.6) is 0 Å². The summed E-state index contributed by atoms with van der Waals surface area (Å²) < 4.78 is 5.28. The van der Waals surface area contributed by atoms with Gasteiger partial charge in [0.1, 0.15) is 0 Å². The maximum absolute atomic E-state index is 10.3. The molecule has 0 saturated carbocycles. The topological polar surface area (TPSA) is 69.4 Å². The molecule has 0 heterocycles. The number of esters is 1. The Bertz CT molecular complexity index is 432. The van der Waals surface area contributed by atoms with Crippen molar-refractivity contribution in [3.63, 3.8) is 0 Å². The summed E-state index contributed by atoms with van der Waals surface area (Å²) >= 11 is 3.13. The number of non-ortho nitro benzene ring substituents is 1. The van der Waals surface area contributed by atoms with E-state index in [9.17, 15) is 14.9 Å². The lowest BCUT2D eigenvalue weighted by molar-refractivity contribution is -0.384. The van der Waals surface area contributed by atoms with E-state index in [1.165, 1.54) is 18.2 Å². The first-order valence-electron chi connectivity index (χ1n) is 5.20. The van der Waals surface area contributed by atoms with Crippen molar-refractivity contribution >= 4 is 27.6 Å². The number of ether oxygens (including phenoxy) is 1. The second-order valence-electron chi connectivity index (χ2n) is 2.99. The molecule has 0 bridgehead atoms. The van der Waals surface area contributed by atoms with Crippen LogP contribution in [0.25, 0.3) is 0 Å². The first kappa shape index (κ1) is 16.3. The Labute approximate surface area is 114 Å². The second-order valence-corrected chi connectivity index (χ2v) is 3.90. The third-order valence-electron chi connectivity index (χ3n) is 1.61. The molecule has 0 N–H and O–H groups in total. The number of benzene rings is 1. The van der Waals surface area contributed by atoms with Gasteiger partial charge in [0.25, 0.3) is 5.69 Å². The van der Waals surface area contributed by atoms with Crippen molar-refractivity contribution in [2.75, 3.05) is 6.61 Å². The molecule has 0 radical (unpaired) electrons. The first-order valence-corrected chi connectivity index (χ1v) is 6.00. The maximum atomic E-state index is 10.3. The lowest BCUT2D eigenvalue weighted by Gasteiger charge is -1.91. The highest BCUT2D eigenvalue weighted by Gasteiger charge is 2.02. The van der Waals surface area contributed by atoms with E-state index >= 15 is 0 Å². The first-order chi connectivity index (χ1) is 8.51. The molecule has 18 heavy (non-hydrogen) atoms. The number of nitro groups is 1. The molecule has 0 aliphatic rings. The summed E-state index contributed by atoms with van der Waals surface area (Å²) in [6, 6.07) is 6.28. The van der Waals surface area contributed by atoms with E-state index in [1.807, 2.05) is 0 Å². The van der Waals surface area contributed by atoms with Crippen LogP contribution in [0.2, 0.25) is 0 Å². The van der Waals surface area contributed by atoms with Crippen LogP contribution < -0.4 is 0 Å². The van der Waals surface area contributed by atoms with Gasteiger partial charge in [-0.05, 0) is 19.9 Å². The molecule has 1 aromatic carbocycles. The SMILES string of the molecule is C/C=C/C(=O)OCC.O=[N+]([O-])c1cccc(Br)c1. The number of rotatable bonds is 3. The van der Waals surface area contributed by atoms with Gasteiger partial charge in [0.2, 0.25) is 0 Å². The highest BCUT2D eigenvalue weighted by Crippen LogP contribution is 2.16. The summed E-state index contributed by atoms with van der Waals surface area (Å²) in [6.07, 6.45) is 3.04. The fraction of sp³-hybridized carbons (Fsp3) is 0.250. The zero-order chi connectivity index (χ0) is 14.0. The van der Waals surface area contributed by atoms with Gasteiger partial charge in [-0.2, -0.15) is 0 Å². The van der Waals surface area contributed by atoms with Crippen molar-refractivity contribution < 1.29 is 14.5 Å². The Morgan fingerprint density at radius 1 is 1.56 bits per heavy atom. The molecule has 5 nitrogen and oxygen atoms in total. The summed E-state index contributed by atoms with van der Waals surface area (Å²) in [5.41, 5.74) is 0.106. The number of allylic oxidation sites excluding steroid dienone is 1. The summed E-state index contributed by atoms with van der Waals surface area (Å²) in [7, 11) is 0. The van der Waals surface area contributed by atoms with Crippen molar-refractivity contribution in [3.05, 3.63) is 51.0 Å². The van der Waals surface area contributed by atoms with Crippen LogP contribution >= 0.6 is 15.9 Å². The van der Waals surface area contributed by atoms with Gasteiger partial charge < -0.3 is 4.74 Å². The minimum atomic E-state index is -0.426. The molecule has 1 aromatic rings. The van der Waals surface area contributed by atoms with Gasteiger partial charge in [-0.1, -0.05) is 28.1 Å². The molecule has 0 amide bonds. The normalized spacial score (nSPS) is 9.50. The van der Waals surface area contributed by atoms with E-state index in [2.05, 4.69) is 20.7 Å². The van der Waals surface area contributed by atoms with Crippen LogP contribution in [0.3, 0.4) is 0 Å². The highest BCUT2D eigenvalue weighted by molar-refractivity contribution is 9.10. The van der Waals surface area contributed by atoms with Gasteiger partial charge in [0.15, 0.2) is 0 Å². The molecular weight excluding hydrogens is 302 g/mol. The lowest BCUT2D eigenvalue weighted by Crippen LogP contribution is -1.98. The highest BCUT2D eigenvalue weighted by atomic mass is 79.9. The Hall–Kier alpha value is -1.69. The maximum Gasteiger partial charge on any atom is 0.330 e. The largest absolute Gasteiger partial charge is 0.463 e. The van der Waals surface area contributed by atoms with Crippen molar-refractivity contribution in [1.29, 1.82) is 0 Å². The summed E-state index contributed by atoms with van der Waals surface area (Å²) in [6.45, 7) is 4.00. The van der Waals surface area contributed by atoms with Crippen LogP contribution in [0.1, 0.15) is 13.8 Å². The Morgan fingerprint density at radius 2 is 2.22 bits per heavy atom. The summed E-state index contributed by atoms with van der Waals surface area (Å²) in [5.74, 6) is -0.269. The monoisotopic (exact) mass is 315 g/mol. The second kappa shape index (κ2) is 9.35. The molecule has 0 aromatic heterocycles. The predicted molar refractivity (Wildman–Crippen MR) is 72.2 cm³/mol. The zero-order valence-electron chi connectivity index (χ0n) is 10.1. The summed E-state index contributed by atoms with van der Waals surface area (Å²) in [5, 5.41) is 10.1. The number of nitrogens with zero attached hydrogens (tertiary/aromatic N) is 1. The van der Waals surface area contributed by atoms with Gasteiger partial charge in [-0.3, -0.25) is 10.1 Å². The average molecular weight is 316 g/mol. The van der Waals surface area contributed by atoms with Crippen LogP contribution in [-0.4, -0.2) is 17.5 Å². The number of nitro benzene ring substituents is 1. The van der Waals surface area contributed by atoms with Crippen LogP contribution in [0.4, 0.5) is 5.69 Å². The van der Waals surface area contributed by atoms with Gasteiger partial charge in [-0.25, -0.2) is 4.79 Å². The molecular formula is C12H14BrNO4. The van der Waals surface area contributed by atoms with Gasteiger partial charge >= 0.3 is 5.97 Å². The van der Waals surface area contributed by atoms with Gasteiger partial charge in [0, 0.05) is 22.7 Å². The number of carbonyl (C=O) groups is 1. The molecule has 0 unspecified atom stereocenters. The fourth-order valence-electron chi connectivity index (χ4n) is 0.916. The Morgan fingerprint density at radius 3 is 2.61 bits per heavy atom. The van der Waals surface area contributed by atoms with E-state index in [4.69, 9.17) is 0 Å². The molecule has 0 saturated heterocycles. The number of carbonyl (C=O) groups excluding carboxylic acids is 1. The van der Waals surface area contributed by atoms with E-state index in [0.717, 1.165) is 4.47 Å². The van der Waals surface area contributed by atoms with Crippen LogP contribution in [0, 0.1) is 10.1 Å². The molecule has 1 rings (SSSR count). The van der Waals surface area contributed by atoms with Crippen molar-refractivity contribution in [2.24, 2.45) is 0 Å². The quantitative estimate of drug-likeness (QED) is 0.370. The van der Waals surface area contributed by atoms with Crippen molar-refractivity contribution in [2.45, 2.75) is 13.8 Å². The van der Waals surface area contributed by atoms with Crippen molar-refractivity contribution in [1.82, 2.24) is 0 Å². The molecule has 0 aliphatic heterocycles. The van der Waals surface area contributed by atoms with Gasteiger partial charge in [-0.15, -0.1) is 0 Å². The molecule has 0 fully saturated rings. The number of hydrogen-bond acceptors (Lipinski definition) is 4. The van der Waals surface area contributed by atoms with E-state index in [1.54, 1.807) is 32.1 Å². The molecule has 0 atom stereocenters. The van der Waals surface area contributed by atoms with Crippen LogP contribution in [-0.2, 0) is 9.53 Å². The van der Waals surface area contributed by atoms with E-state index < -0.39 is 4.92 Å². The van der Waals surface area contributed by atoms with Crippen LogP contribution in [0.15, 0.2) is 40.9 Å². The van der Waals surface area contributed by atoms with E-state index in [0.29, 0.717) is 6.61 Å². The molecule has 0 aliphatic carbocycles. The average Bonchev–Trinajstić information content (AvgIpc) is 2.30. The minimum Gasteiger partial charge on any atom is -0.463 e. The number of halogens is 1. The standard InChI is InChI=1S/C6H4BrNO2.C6H10O2/c7-5-2-1-3-6(4-5)8(9)10;1-3-5-6(7)8-4-2/h1-4H;3,5H,4H2,1-2H3/b;5-3+. The third kappa shape index (κ3) is 7.56.